The molecular weight excluding hydrogens is 461 g/mol. The zero-order valence-corrected chi connectivity index (χ0v) is 19.8. The molecule has 0 aliphatic carbocycles. The summed E-state index contributed by atoms with van der Waals surface area (Å²) in [6, 6.07) is 11.3. The summed E-state index contributed by atoms with van der Waals surface area (Å²) < 4.78 is 35.8. The Kier molecular flexibility index (Phi) is 7.10. The van der Waals surface area contributed by atoms with Gasteiger partial charge < -0.3 is 9.64 Å². The van der Waals surface area contributed by atoms with Crippen LogP contribution in [0.25, 0.3) is 0 Å². The van der Waals surface area contributed by atoms with E-state index in [0.717, 1.165) is 5.69 Å². The monoisotopic (exact) mass is 483 g/mol. The van der Waals surface area contributed by atoms with E-state index < -0.39 is 16.1 Å². The van der Waals surface area contributed by atoms with Gasteiger partial charge in [-0.3, -0.25) is 4.57 Å². The predicted molar refractivity (Wildman–Crippen MR) is 122 cm³/mol. The Labute approximate surface area is 191 Å². The molecule has 0 radical (unpaired) electrons. The highest BCUT2D eigenvalue weighted by atomic mass is 35.5. The standard InChI is InChI=1S/C20H23Cl2N5O3S/c1-5-27-19(13(2)25-31(28,29)16-9-10-17(21)18(22)12-16)23-24-20(27)30-15-8-6-7-14(11-15)26(3)4/h6-13,25H,5H2,1-4H3/t13-/m1/s1. The highest BCUT2D eigenvalue weighted by molar-refractivity contribution is 7.89. The SMILES string of the molecule is CCn1c(Oc2cccc(N(C)C)c2)nnc1[C@@H](C)NS(=O)(=O)c1ccc(Cl)c(Cl)c1. The van der Waals surface area contributed by atoms with Crippen molar-refractivity contribution < 1.29 is 13.2 Å². The molecule has 0 bridgehead atoms. The Bertz CT molecular complexity index is 1180. The fourth-order valence-electron chi connectivity index (χ4n) is 2.92. The Hall–Kier alpha value is -2.33. The van der Waals surface area contributed by atoms with Crippen LogP contribution < -0.4 is 14.4 Å². The van der Waals surface area contributed by atoms with E-state index in [1.165, 1.54) is 18.2 Å². The van der Waals surface area contributed by atoms with Crippen molar-refractivity contribution in [3.8, 4) is 11.8 Å². The zero-order chi connectivity index (χ0) is 22.8. The van der Waals surface area contributed by atoms with Crippen LogP contribution >= 0.6 is 23.2 Å². The molecule has 0 fully saturated rings. The molecule has 3 rings (SSSR count). The molecule has 0 saturated heterocycles. The summed E-state index contributed by atoms with van der Waals surface area (Å²) in [4.78, 5) is 1.97. The number of anilines is 1. The van der Waals surface area contributed by atoms with Crippen LogP contribution in [0.5, 0.6) is 11.8 Å². The fraction of sp³-hybridized carbons (Fsp3) is 0.300. The first-order valence-electron chi connectivity index (χ1n) is 9.48. The molecule has 2 aromatic carbocycles. The van der Waals surface area contributed by atoms with Crippen LogP contribution in [0.2, 0.25) is 10.0 Å². The number of aromatic nitrogens is 3. The van der Waals surface area contributed by atoms with Crippen molar-refractivity contribution in [2.45, 2.75) is 31.3 Å². The van der Waals surface area contributed by atoms with E-state index in [-0.39, 0.29) is 21.0 Å². The van der Waals surface area contributed by atoms with Crippen LogP contribution in [-0.4, -0.2) is 37.3 Å². The van der Waals surface area contributed by atoms with Crippen molar-refractivity contribution in [3.63, 3.8) is 0 Å². The van der Waals surface area contributed by atoms with Crippen molar-refractivity contribution in [1.29, 1.82) is 0 Å². The number of hydrogen-bond acceptors (Lipinski definition) is 6. The number of sulfonamides is 1. The molecule has 0 spiro atoms. The van der Waals surface area contributed by atoms with Gasteiger partial charge in [0.1, 0.15) is 5.75 Å². The Morgan fingerprint density at radius 1 is 1.13 bits per heavy atom. The maximum atomic E-state index is 12.8. The second kappa shape index (κ2) is 9.44. The smallest absolute Gasteiger partial charge is 0.322 e. The number of ether oxygens (including phenoxy) is 1. The first-order chi connectivity index (χ1) is 14.6. The number of hydrogen-bond donors (Lipinski definition) is 1. The third-order valence-corrected chi connectivity index (χ3v) is 6.80. The largest absolute Gasteiger partial charge is 0.424 e. The Morgan fingerprint density at radius 2 is 1.87 bits per heavy atom. The lowest BCUT2D eigenvalue weighted by Crippen LogP contribution is -2.29. The molecule has 31 heavy (non-hydrogen) atoms. The summed E-state index contributed by atoms with van der Waals surface area (Å²) in [5.74, 6) is 1.02. The summed E-state index contributed by atoms with van der Waals surface area (Å²) in [6.45, 7) is 4.07. The van der Waals surface area contributed by atoms with Gasteiger partial charge in [-0.05, 0) is 44.2 Å². The lowest BCUT2D eigenvalue weighted by Gasteiger charge is -2.16. The first-order valence-corrected chi connectivity index (χ1v) is 11.7. The number of nitrogens with one attached hydrogen (secondary N) is 1. The molecule has 0 aliphatic rings. The lowest BCUT2D eigenvalue weighted by molar-refractivity contribution is 0.408. The van der Waals surface area contributed by atoms with Gasteiger partial charge in [0.05, 0.1) is 21.0 Å². The van der Waals surface area contributed by atoms with E-state index >= 15 is 0 Å². The van der Waals surface area contributed by atoms with Gasteiger partial charge >= 0.3 is 6.01 Å². The molecule has 166 valence electrons. The zero-order valence-electron chi connectivity index (χ0n) is 17.5. The summed E-state index contributed by atoms with van der Waals surface area (Å²) in [5.41, 5.74) is 0.975. The number of nitrogens with zero attached hydrogens (tertiary/aromatic N) is 4. The second-order valence-electron chi connectivity index (χ2n) is 7.00. The third-order valence-electron chi connectivity index (χ3n) is 4.53. The lowest BCUT2D eigenvalue weighted by atomic mass is 10.3. The number of benzene rings is 2. The summed E-state index contributed by atoms with van der Waals surface area (Å²) in [5, 5.41) is 8.70. The van der Waals surface area contributed by atoms with Gasteiger partial charge in [-0.15, -0.1) is 5.10 Å². The minimum Gasteiger partial charge on any atom is -0.424 e. The molecule has 0 saturated carbocycles. The van der Waals surface area contributed by atoms with Crippen molar-refractivity contribution in [2.75, 3.05) is 19.0 Å². The van der Waals surface area contributed by atoms with Crippen molar-refractivity contribution >= 4 is 38.9 Å². The molecule has 1 aromatic heterocycles. The van der Waals surface area contributed by atoms with Crippen molar-refractivity contribution in [3.05, 3.63) is 58.3 Å². The van der Waals surface area contributed by atoms with E-state index in [0.29, 0.717) is 18.1 Å². The van der Waals surface area contributed by atoms with Gasteiger partial charge in [-0.1, -0.05) is 34.4 Å². The van der Waals surface area contributed by atoms with E-state index in [4.69, 9.17) is 27.9 Å². The van der Waals surface area contributed by atoms with Crippen LogP contribution in [0, 0.1) is 0 Å². The van der Waals surface area contributed by atoms with Gasteiger partial charge in [0.2, 0.25) is 10.0 Å². The van der Waals surface area contributed by atoms with E-state index in [1.807, 2.05) is 50.2 Å². The minimum atomic E-state index is -3.86. The van der Waals surface area contributed by atoms with E-state index in [2.05, 4.69) is 14.9 Å². The fourth-order valence-corrected chi connectivity index (χ4v) is 4.51. The maximum absolute atomic E-state index is 12.8. The van der Waals surface area contributed by atoms with Gasteiger partial charge in [0.25, 0.3) is 0 Å². The Balaban J connectivity index is 1.84. The number of rotatable bonds is 8. The molecule has 8 nitrogen and oxygen atoms in total. The highest BCUT2D eigenvalue weighted by Crippen LogP contribution is 2.28. The average Bonchev–Trinajstić information content (AvgIpc) is 3.12. The predicted octanol–water partition coefficient (Wildman–Crippen LogP) is 4.50. The molecule has 1 heterocycles. The normalized spacial score (nSPS) is 12.6. The molecule has 3 aromatic rings. The minimum absolute atomic E-state index is 0.00767. The van der Waals surface area contributed by atoms with Gasteiger partial charge in [0.15, 0.2) is 5.82 Å². The number of halogens is 2. The van der Waals surface area contributed by atoms with Gasteiger partial charge in [0, 0.05) is 32.4 Å². The molecule has 1 atom stereocenters. The van der Waals surface area contributed by atoms with E-state index in [1.54, 1.807) is 11.5 Å². The molecule has 0 amide bonds. The molecule has 1 N–H and O–H groups in total. The molecular formula is C20H23Cl2N5O3S. The van der Waals surface area contributed by atoms with Crippen LogP contribution in [0.4, 0.5) is 5.69 Å². The molecule has 0 unspecified atom stereocenters. The summed E-state index contributed by atoms with van der Waals surface area (Å²) in [7, 11) is 0.0186. The van der Waals surface area contributed by atoms with Crippen LogP contribution in [0.15, 0.2) is 47.4 Å². The third kappa shape index (κ3) is 5.30. The average molecular weight is 484 g/mol. The highest BCUT2D eigenvalue weighted by Gasteiger charge is 2.24. The van der Waals surface area contributed by atoms with Crippen LogP contribution in [0.3, 0.4) is 0 Å². The maximum Gasteiger partial charge on any atom is 0.322 e. The quantitative estimate of drug-likeness (QED) is 0.507. The van der Waals surface area contributed by atoms with Crippen molar-refractivity contribution in [1.82, 2.24) is 19.5 Å². The van der Waals surface area contributed by atoms with Crippen molar-refractivity contribution in [2.24, 2.45) is 0 Å². The second-order valence-corrected chi connectivity index (χ2v) is 9.53. The van der Waals surface area contributed by atoms with Gasteiger partial charge in [-0.25, -0.2) is 13.1 Å². The first kappa shape index (κ1) is 23.3. The summed E-state index contributed by atoms with van der Waals surface area (Å²) in [6.07, 6.45) is 0. The topological polar surface area (TPSA) is 89.3 Å². The Morgan fingerprint density at radius 3 is 2.52 bits per heavy atom. The van der Waals surface area contributed by atoms with Gasteiger partial charge in [-0.2, -0.15) is 0 Å². The molecule has 0 aliphatic heterocycles. The van der Waals surface area contributed by atoms with Crippen LogP contribution in [0.1, 0.15) is 25.7 Å². The van der Waals surface area contributed by atoms with E-state index in [9.17, 15) is 8.42 Å². The summed E-state index contributed by atoms with van der Waals surface area (Å²) >= 11 is 11.8. The van der Waals surface area contributed by atoms with Crippen LogP contribution in [-0.2, 0) is 16.6 Å². The molecule has 11 heteroatoms.